The average Bonchev–Trinajstić information content (AvgIpc) is 3.69. The van der Waals surface area contributed by atoms with Gasteiger partial charge in [0.05, 0.1) is 51.6 Å². The number of aromatic nitrogens is 2. The summed E-state index contributed by atoms with van der Waals surface area (Å²) < 4.78 is 47.6. The Balaban J connectivity index is 1.67. The molecule has 0 radical (unpaired) electrons. The van der Waals surface area contributed by atoms with Crippen LogP contribution in [0.5, 0.6) is 0 Å². The molecule has 2 heterocycles. The van der Waals surface area contributed by atoms with Gasteiger partial charge in [0.1, 0.15) is 0 Å². The summed E-state index contributed by atoms with van der Waals surface area (Å²) in [4.78, 5) is 3.81. The Labute approximate surface area is 363 Å². The molecule has 0 spiro atoms. The monoisotopic (exact) mass is 826 g/mol. The summed E-state index contributed by atoms with van der Waals surface area (Å²) in [6.07, 6.45) is -4.66. The number of nitriles is 1. The Morgan fingerprint density at radius 3 is 1.06 bits per heavy atom. The van der Waals surface area contributed by atoms with Crippen LogP contribution in [-0.4, -0.2) is 9.13 Å². The second-order valence-corrected chi connectivity index (χ2v) is 20.9. The van der Waals surface area contributed by atoms with Crippen molar-refractivity contribution < 1.29 is 13.2 Å². The molecule has 0 saturated carbocycles. The summed E-state index contributed by atoms with van der Waals surface area (Å²) in [5, 5.41) is 15.0. The highest BCUT2D eigenvalue weighted by atomic mass is 19.4. The van der Waals surface area contributed by atoms with E-state index in [0.29, 0.717) is 28.1 Å². The van der Waals surface area contributed by atoms with E-state index in [9.17, 15) is 18.4 Å². The largest absolute Gasteiger partial charge is 0.415 e. The van der Waals surface area contributed by atoms with E-state index >= 15 is 0 Å². The number of fused-ring (bicyclic) bond motifs is 6. The van der Waals surface area contributed by atoms with E-state index in [1.165, 1.54) is 6.07 Å². The Morgan fingerprint density at radius 1 is 0.468 bits per heavy atom. The lowest BCUT2D eigenvalue weighted by Crippen LogP contribution is -2.12. The summed E-state index contributed by atoms with van der Waals surface area (Å²) in [5.41, 5.74) is 8.56. The first kappa shape index (κ1) is 42.4. The lowest BCUT2D eigenvalue weighted by Gasteiger charge is -2.24. The zero-order chi connectivity index (χ0) is 45.1. The second-order valence-electron chi connectivity index (χ2n) is 20.9. The first-order valence-corrected chi connectivity index (χ1v) is 21.2. The minimum absolute atomic E-state index is 0.134. The van der Waals surface area contributed by atoms with Gasteiger partial charge in [0.2, 0.25) is 0 Å². The molecule has 6 aromatic carbocycles. The minimum Gasteiger partial charge on any atom is -0.309 e. The van der Waals surface area contributed by atoms with Gasteiger partial charge < -0.3 is 9.13 Å². The number of halogens is 3. The van der Waals surface area contributed by atoms with E-state index in [2.05, 4.69) is 176 Å². The van der Waals surface area contributed by atoms with E-state index in [1.54, 1.807) is 0 Å². The highest BCUT2D eigenvalue weighted by Gasteiger charge is 2.33. The van der Waals surface area contributed by atoms with Crippen LogP contribution in [0, 0.1) is 17.9 Å². The molecule has 8 aromatic rings. The fourth-order valence-electron chi connectivity index (χ4n) is 8.74. The van der Waals surface area contributed by atoms with Crippen LogP contribution in [0.25, 0.3) is 71.0 Å². The lowest BCUT2D eigenvalue weighted by atomic mass is 9.86. The fraction of sp³-hybridized carbons (Fsp3) is 0.309. The summed E-state index contributed by atoms with van der Waals surface area (Å²) in [6, 6.07) is 35.6. The SMILES string of the molecule is [C-]#[N+]c1cc(C(F)(F)F)ccc1-c1c(-n2c3cc(C(C)(C)C)ccc3c3ccc(C(C)(C)C)cc32)cc(C#N)cc1-n1c2cc(C(C)(C)C)ccc2c2ccc(C(C)(C)C)cc21. The van der Waals surface area contributed by atoms with Crippen molar-refractivity contribution in [2.75, 3.05) is 0 Å². The van der Waals surface area contributed by atoms with Crippen LogP contribution in [0.1, 0.15) is 116 Å². The Kier molecular flexibility index (Phi) is 9.65. The summed E-state index contributed by atoms with van der Waals surface area (Å²) in [5.74, 6) is 0. The highest BCUT2D eigenvalue weighted by molar-refractivity contribution is 6.13. The quantitative estimate of drug-likeness (QED) is 0.164. The number of hydrogen-bond acceptors (Lipinski definition) is 1. The van der Waals surface area contributed by atoms with Gasteiger partial charge in [-0.15, -0.1) is 0 Å². The van der Waals surface area contributed by atoms with Crippen molar-refractivity contribution in [3.05, 3.63) is 148 Å². The number of benzene rings is 6. The van der Waals surface area contributed by atoms with Gasteiger partial charge in [0.25, 0.3) is 0 Å². The number of nitrogens with zero attached hydrogens (tertiary/aromatic N) is 4. The molecule has 0 fully saturated rings. The molecule has 4 nitrogen and oxygen atoms in total. The summed E-state index contributed by atoms with van der Waals surface area (Å²) in [6.45, 7) is 34.4. The second kappa shape index (κ2) is 14.1. The number of alkyl halides is 3. The van der Waals surface area contributed by atoms with E-state index in [4.69, 9.17) is 6.57 Å². The zero-order valence-corrected chi connectivity index (χ0v) is 37.7. The third-order valence-electron chi connectivity index (χ3n) is 12.4. The number of hydrogen-bond donors (Lipinski definition) is 0. The van der Waals surface area contributed by atoms with E-state index in [-0.39, 0.29) is 27.3 Å². The van der Waals surface area contributed by atoms with Crippen LogP contribution in [0.2, 0.25) is 0 Å². The Bertz CT molecular complexity index is 2910. The van der Waals surface area contributed by atoms with Gasteiger partial charge >= 0.3 is 6.18 Å². The van der Waals surface area contributed by atoms with Gasteiger partial charge in [-0.25, -0.2) is 4.85 Å². The molecule has 0 amide bonds. The fourth-order valence-corrected chi connectivity index (χ4v) is 8.74. The van der Waals surface area contributed by atoms with Crippen molar-refractivity contribution >= 4 is 49.3 Å². The van der Waals surface area contributed by atoms with E-state index in [0.717, 1.165) is 78.0 Å². The first-order chi connectivity index (χ1) is 28.8. The summed E-state index contributed by atoms with van der Waals surface area (Å²) >= 11 is 0. The zero-order valence-electron chi connectivity index (χ0n) is 37.7. The van der Waals surface area contributed by atoms with Crippen molar-refractivity contribution in [1.29, 1.82) is 5.26 Å². The van der Waals surface area contributed by atoms with Gasteiger partial charge in [0, 0.05) is 32.7 Å². The third kappa shape index (κ3) is 7.12. The molecule has 62 heavy (non-hydrogen) atoms. The molecule has 8 rings (SSSR count). The molecule has 0 bridgehead atoms. The standard InChI is InChI=1S/C55H53F3N4/c1-51(2,3)33-14-19-38-39-20-15-34(52(4,5)6)28-45(39)61(44(38)27-33)48-24-32(31-59)25-49(50(48)42-23-18-37(55(56,57)58)26-43(42)60-13)62-46-29-35(53(7,8)9)16-21-40(46)41-22-17-36(30-47(41)62)54(10,11)12/h14-30H,1-12H3. The van der Waals surface area contributed by atoms with Crippen LogP contribution in [0.15, 0.2) is 103 Å². The minimum atomic E-state index is -4.66. The molecular weight excluding hydrogens is 774 g/mol. The van der Waals surface area contributed by atoms with Crippen molar-refractivity contribution in [3.63, 3.8) is 0 Å². The highest BCUT2D eigenvalue weighted by Crippen LogP contribution is 2.48. The van der Waals surface area contributed by atoms with Crippen molar-refractivity contribution in [2.45, 2.75) is 111 Å². The molecule has 0 atom stereocenters. The average molecular weight is 827 g/mol. The summed E-state index contributed by atoms with van der Waals surface area (Å²) in [7, 11) is 0. The van der Waals surface area contributed by atoms with Crippen LogP contribution in [0.3, 0.4) is 0 Å². The molecule has 314 valence electrons. The van der Waals surface area contributed by atoms with Crippen molar-refractivity contribution in [1.82, 2.24) is 9.13 Å². The molecule has 0 unspecified atom stereocenters. The van der Waals surface area contributed by atoms with Crippen LogP contribution >= 0.6 is 0 Å². The maximum absolute atomic E-state index is 14.4. The predicted octanol–water partition coefficient (Wildman–Crippen LogP) is 16.2. The topological polar surface area (TPSA) is 38.0 Å². The normalized spacial score (nSPS) is 13.0. The molecule has 0 aliphatic rings. The Morgan fingerprint density at radius 2 is 0.790 bits per heavy atom. The third-order valence-corrected chi connectivity index (χ3v) is 12.4. The molecule has 0 aliphatic heterocycles. The smallest absolute Gasteiger partial charge is 0.309 e. The Hall–Kier alpha value is -6.31. The van der Waals surface area contributed by atoms with Gasteiger partial charge in [-0.05, 0) is 91.9 Å². The van der Waals surface area contributed by atoms with Crippen molar-refractivity contribution in [3.8, 4) is 28.6 Å². The number of rotatable bonds is 3. The van der Waals surface area contributed by atoms with Gasteiger partial charge in [-0.1, -0.05) is 144 Å². The maximum atomic E-state index is 14.4. The van der Waals surface area contributed by atoms with Crippen LogP contribution in [-0.2, 0) is 27.8 Å². The van der Waals surface area contributed by atoms with Crippen LogP contribution < -0.4 is 0 Å². The molecule has 0 aliphatic carbocycles. The lowest BCUT2D eigenvalue weighted by molar-refractivity contribution is -0.137. The van der Waals surface area contributed by atoms with E-state index < -0.39 is 11.7 Å². The van der Waals surface area contributed by atoms with Gasteiger partial charge in [-0.2, -0.15) is 18.4 Å². The van der Waals surface area contributed by atoms with Gasteiger partial charge in [0.15, 0.2) is 5.69 Å². The molecule has 0 saturated heterocycles. The van der Waals surface area contributed by atoms with Crippen molar-refractivity contribution in [2.24, 2.45) is 0 Å². The maximum Gasteiger partial charge on any atom is 0.415 e. The molecule has 7 heteroatoms. The van der Waals surface area contributed by atoms with Gasteiger partial charge in [-0.3, -0.25) is 0 Å². The molecule has 0 N–H and O–H groups in total. The molecular formula is C55H53F3N4. The van der Waals surface area contributed by atoms with Crippen LogP contribution in [0.4, 0.5) is 18.9 Å². The predicted molar refractivity (Wildman–Crippen MR) is 251 cm³/mol. The first-order valence-electron chi connectivity index (χ1n) is 21.2. The molecule has 2 aromatic heterocycles. The van der Waals surface area contributed by atoms with E-state index in [1.807, 2.05) is 12.1 Å².